The van der Waals surface area contributed by atoms with Gasteiger partial charge in [0.1, 0.15) is 23.0 Å². The summed E-state index contributed by atoms with van der Waals surface area (Å²) in [6.07, 6.45) is 11.2. The smallest absolute Gasteiger partial charge is 0.219 e. The maximum Gasteiger partial charge on any atom is 0.219 e. The summed E-state index contributed by atoms with van der Waals surface area (Å²) in [7, 11) is 0. The number of phenolic OH excluding ortho intramolecular Hbond substituents is 1. The van der Waals surface area contributed by atoms with Gasteiger partial charge in [-0.05, 0) is 104 Å². The minimum Gasteiger partial charge on any atom is -0.871 e. The zero-order chi connectivity index (χ0) is 55.3. The number of anilines is 3. The lowest BCUT2D eigenvalue weighted by molar-refractivity contribution is -0.297. The molecule has 0 bridgehead atoms. The van der Waals surface area contributed by atoms with Crippen molar-refractivity contribution in [3.05, 3.63) is 228 Å². The molecule has 0 amide bonds. The van der Waals surface area contributed by atoms with E-state index >= 15 is 9.90 Å². The third kappa shape index (κ3) is 10.7. The second-order valence-electron chi connectivity index (χ2n) is 21.3. The quantitative estimate of drug-likeness (QED) is 0.0579. The minimum atomic E-state index is -0.617. The number of aliphatic hydroxyl groups excluding tert-OH is 1. The highest BCUT2D eigenvalue weighted by atomic mass is 16.5. The Balaban J connectivity index is 1.08. The number of unbranched alkanes of at least 4 members (excludes halogenated alkanes) is 2. The van der Waals surface area contributed by atoms with Crippen molar-refractivity contribution in [1.82, 2.24) is 4.58 Å². The fourth-order valence-electron chi connectivity index (χ4n) is 11.4. The summed E-state index contributed by atoms with van der Waals surface area (Å²) in [4.78, 5) is 17.3. The van der Waals surface area contributed by atoms with Crippen LogP contribution in [-0.2, 0) is 9.53 Å². The van der Waals surface area contributed by atoms with Gasteiger partial charge in [0.25, 0.3) is 0 Å². The summed E-state index contributed by atoms with van der Waals surface area (Å²) < 4.78 is 15.7. The van der Waals surface area contributed by atoms with E-state index in [1.165, 1.54) is 0 Å². The van der Waals surface area contributed by atoms with Crippen molar-refractivity contribution >= 4 is 88.6 Å². The summed E-state index contributed by atoms with van der Waals surface area (Å²) in [5.41, 5.74) is 4.18. The van der Waals surface area contributed by atoms with Crippen LogP contribution in [0.15, 0.2) is 223 Å². The summed E-state index contributed by atoms with van der Waals surface area (Å²) in [6, 6.07) is 61.3. The van der Waals surface area contributed by atoms with E-state index in [4.69, 9.17) is 9.47 Å². The molecule has 2 aliphatic carbocycles. The van der Waals surface area contributed by atoms with Crippen LogP contribution in [0.1, 0.15) is 84.6 Å². The molecular weight excluding hydrogens is 989 g/mol. The molecule has 8 nitrogen and oxygen atoms in total. The van der Waals surface area contributed by atoms with Gasteiger partial charge in [-0.2, -0.15) is 4.58 Å². The molecule has 8 heteroatoms. The molecule has 9 aromatic rings. The highest BCUT2D eigenvalue weighted by molar-refractivity contribution is 6.40. The summed E-state index contributed by atoms with van der Waals surface area (Å²) >= 11 is 0. The minimum absolute atomic E-state index is 0.0257. The number of allylic oxidation sites excluding steroid dienone is 4. The summed E-state index contributed by atoms with van der Waals surface area (Å²) in [5, 5.41) is 48.8. The molecule has 0 aromatic heterocycles. The van der Waals surface area contributed by atoms with Gasteiger partial charge in [0, 0.05) is 58.9 Å². The fourth-order valence-corrected chi connectivity index (χ4v) is 11.4. The van der Waals surface area contributed by atoms with Crippen molar-refractivity contribution in [2.45, 2.75) is 79.1 Å². The van der Waals surface area contributed by atoms with Gasteiger partial charge < -0.3 is 29.7 Å². The van der Waals surface area contributed by atoms with Crippen LogP contribution in [0, 0.1) is 11.8 Å². The molecule has 0 aliphatic heterocycles. The van der Waals surface area contributed by atoms with E-state index in [0.29, 0.717) is 24.6 Å². The van der Waals surface area contributed by atoms with Crippen LogP contribution >= 0.6 is 0 Å². The van der Waals surface area contributed by atoms with E-state index in [1.807, 2.05) is 60.7 Å². The van der Waals surface area contributed by atoms with Gasteiger partial charge in [-0.1, -0.05) is 181 Å². The Morgan fingerprint density at radius 2 is 0.963 bits per heavy atom. The number of hydrogen-bond donors (Lipinski definition) is 2. The molecule has 80 heavy (non-hydrogen) atoms. The standard InChI is InChI=1S/C72H68N2O6/c1-5-9-19-47(7-3)45-79-65-43-61(73(57-33-29-49-21-11-15-25-53(49)37-57)58-34-30-50-22-12-16-26-54(50)38-58)41-63(75)67(65)69-71(77)70(72(69)78)68-64(76)42-62(44-66(68)80-46-48(8-4)20-10-6-2)74(59-35-31-51-23-13-17-27-55(51)39-59)60-36-32-52-24-14-18-28-56(52)40-60/h11-18,21-44,47-48H,5-10,19-20,45-46H2,1-4H3,(H2,75,76,77,78). The number of rotatable bonds is 20. The van der Waals surface area contributed by atoms with Crippen molar-refractivity contribution in [2.24, 2.45) is 11.8 Å². The molecule has 2 N–H and O–H groups in total. The first-order chi connectivity index (χ1) is 39.1. The summed E-state index contributed by atoms with van der Waals surface area (Å²) in [5.74, 6) is -0.973. The number of fused-ring (bicyclic) bond motifs is 4. The van der Waals surface area contributed by atoms with Crippen molar-refractivity contribution in [3.8, 4) is 11.5 Å². The molecule has 0 saturated heterocycles. The number of aromatic hydroxyl groups is 1. The number of ketones is 1. The molecule has 402 valence electrons. The fraction of sp³-hybridized carbons (Fsp3) is 0.222. The maximum absolute atomic E-state index is 15.2. The van der Waals surface area contributed by atoms with Gasteiger partial charge in [0.05, 0.1) is 42.2 Å². The van der Waals surface area contributed by atoms with Crippen LogP contribution in [0.3, 0.4) is 0 Å². The molecule has 2 unspecified atom stereocenters. The van der Waals surface area contributed by atoms with Crippen molar-refractivity contribution < 1.29 is 29.6 Å². The Bertz CT molecular complexity index is 3830. The van der Waals surface area contributed by atoms with Gasteiger partial charge >= 0.3 is 0 Å². The SMILES string of the molecule is CCCCC(CC)COC1=CC(=[N+](c2ccc3ccccc3c2)c2ccc3ccccc3c2)C=C(O)/C1=C1\C(=O)C(c2c(O)cc(N(c3ccc4ccccc4c3)c3ccc4ccccc4c3)cc2OCC(CC)CCCC)=C1[O-]. The Hall–Kier alpha value is -8.88. The molecular formula is C72H68N2O6. The average molecular weight is 1060 g/mol. The van der Waals surface area contributed by atoms with Crippen LogP contribution in [-0.4, -0.2) is 34.9 Å². The lowest BCUT2D eigenvalue weighted by atomic mass is 9.78. The second kappa shape index (κ2) is 23.6. The number of carbonyl (C=O) groups is 1. The van der Waals surface area contributed by atoms with Gasteiger partial charge in [0.15, 0.2) is 5.78 Å². The van der Waals surface area contributed by atoms with Crippen molar-refractivity contribution in [1.29, 1.82) is 0 Å². The topological polar surface area (TPSA) is 105 Å². The van der Waals surface area contributed by atoms with E-state index in [1.54, 1.807) is 12.1 Å². The first-order valence-corrected chi connectivity index (χ1v) is 28.5. The highest BCUT2D eigenvalue weighted by Gasteiger charge is 2.40. The van der Waals surface area contributed by atoms with Crippen LogP contribution < -0.4 is 19.3 Å². The maximum atomic E-state index is 15.2. The third-order valence-electron chi connectivity index (χ3n) is 16.1. The predicted octanol–water partition coefficient (Wildman–Crippen LogP) is 17.6. The van der Waals surface area contributed by atoms with E-state index in [-0.39, 0.29) is 57.1 Å². The number of Topliss-reactive ketones (excluding diaryl/α,β-unsaturated/α-hetero) is 1. The van der Waals surface area contributed by atoms with Crippen LogP contribution in [0.5, 0.6) is 11.5 Å². The largest absolute Gasteiger partial charge is 0.871 e. The van der Waals surface area contributed by atoms with E-state index < -0.39 is 11.5 Å². The van der Waals surface area contributed by atoms with Crippen LogP contribution in [0.4, 0.5) is 28.4 Å². The Kier molecular flexibility index (Phi) is 15.7. The molecule has 2 atom stereocenters. The van der Waals surface area contributed by atoms with E-state index in [9.17, 15) is 10.2 Å². The first kappa shape index (κ1) is 53.1. The third-order valence-corrected chi connectivity index (χ3v) is 16.1. The average Bonchev–Trinajstić information content (AvgIpc) is 3.67. The molecule has 0 fully saturated rings. The van der Waals surface area contributed by atoms with Gasteiger partial charge in [-0.15, -0.1) is 0 Å². The van der Waals surface area contributed by atoms with Gasteiger partial charge in [0.2, 0.25) is 17.1 Å². The molecule has 0 heterocycles. The highest BCUT2D eigenvalue weighted by Crippen LogP contribution is 2.50. The number of hydrogen-bond acceptors (Lipinski definition) is 7. The summed E-state index contributed by atoms with van der Waals surface area (Å²) in [6.45, 7) is 9.24. The zero-order valence-electron chi connectivity index (χ0n) is 46.1. The number of phenols is 1. The van der Waals surface area contributed by atoms with E-state index in [0.717, 1.165) is 117 Å². The Morgan fingerprint density at radius 1 is 0.500 bits per heavy atom. The first-order valence-electron chi connectivity index (χ1n) is 28.5. The number of aliphatic hydroxyl groups is 1. The Labute approximate surface area is 469 Å². The molecule has 0 radical (unpaired) electrons. The molecule has 9 aromatic carbocycles. The van der Waals surface area contributed by atoms with Gasteiger partial charge in [-0.25, -0.2) is 0 Å². The van der Waals surface area contributed by atoms with Gasteiger partial charge in [-0.3, -0.25) is 4.79 Å². The normalized spacial score (nSPS) is 15.2. The molecule has 0 saturated carbocycles. The Morgan fingerprint density at radius 3 is 1.44 bits per heavy atom. The van der Waals surface area contributed by atoms with Crippen LogP contribution in [0.2, 0.25) is 0 Å². The molecule has 11 rings (SSSR count). The van der Waals surface area contributed by atoms with Crippen molar-refractivity contribution in [2.75, 3.05) is 18.1 Å². The lowest BCUT2D eigenvalue weighted by Crippen LogP contribution is -2.32. The molecule has 0 spiro atoms. The van der Waals surface area contributed by atoms with E-state index in [2.05, 4.69) is 158 Å². The van der Waals surface area contributed by atoms with Crippen LogP contribution in [0.25, 0.3) is 48.7 Å². The number of carbonyl (C=O) groups excluding carboxylic acids is 1. The zero-order valence-corrected chi connectivity index (χ0v) is 46.1. The second-order valence-corrected chi connectivity index (χ2v) is 21.3. The lowest BCUT2D eigenvalue weighted by Gasteiger charge is -2.35. The monoisotopic (exact) mass is 1060 g/mol. The molecule has 2 aliphatic rings. The number of benzene rings is 9. The van der Waals surface area contributed by atoms with Crippen molar-refractivity contribution in [3.63, 3.8) is 0 Å². The number of nitrogens with zero attached hydrogens (tertiary/aromatic N) is 2. The number of ether oxygens (including phenoxy) is 2. The predicted molar refractivity (Wildman–Crippen MR) is 328 cm³/mol.